The highest BCUT2D eigenvalue weighted by Gasteiger charge is 2.36. The largest absolute Gasteiger partial charge is 0.444 e. The Morgan fingerprint density at radius 1 is 1.28 bits per heavy atom. The number of pyridine rings is 1. The fourth-order valence-electron chi connectivity index (χ4n) is 4.18. The van der Waals surface area contributed by atoms with E-state index in [0.717, 1.165) is 48.9 Å². The Balaban J connectivity index is 1.38. The molecule has 32 heavy (non-hydrogen) atoms. The molecule has 0 bridgehead atoms. The lowest BCUT2D eigenvalue weighted by molar-refractivity contribution is 0.0507. The maximum atomic E-state index is 13.2. The Kier molecular flexibility index (Phi) is 6.11. The van der Waals surface area contributed by atoms with Crippen LogP contribution < -0.4 is 15.1 Å². The Morgan fingerprint density at radius 2 is 2.09 bits per heavy atom. The number of hydrogen-bond acceptors (Lipinski definition) is 7. The Morgan fingerprint density at radius 3 is 2.88 bits per heavy atom. The number of carbonyl (C=O) groups excluding carboxylic acids is 2. The van der Waals surface area contributed by atoms with Crippen molar-refractivity contribution in [3.63, 3.8) is 0 Å². The summed E-state index contributed by atoms with van der Waals surface area (Å²) in [5.74, 6) is -0.0174. The molecule has 2 aliphatic heterocycles. The van der Waals surface area contributed by atoms with Crippen LogP contribution in [-0.2, 0) is 11.2 Å². The number of fused-ring (bicyclic) bond motifs is 1. The molecule has 1 N–H and O–H groups in total. The summed E-state index contributed by atoms with van der Waals surface area (Å²) in [6.07, 6.45) is 5.81. The summed E-state index contributed by atoms with van der Waals surface area (Å²) in [6.45, 7) is 10.5. The second-order valence-electron chi connectivity index (χ2n) is 9.87. The lowest BCUT2D eigenvalue weighted by Crippen LogP contribution is -2.40. The molecule has 0 aliphatic carbocycles. The molecule has 2 aromatic heterocycles. The van der Waals surface area contributed by atoms with Gasteiger partial charge in [0.25, 0.3) is 5.91 Å². The van der Waals surface area contributed by atoms with Crippen LogP contribution in [0.25, 0.3) is 0 Å². The SMILES string of the molecule is CC1(CNC(=O)OC(C)(C)C)CCN(c2ncc(C(=O)N3CCCc4ncccc43)s2)C1. The molecule has 1 atom stereocenters. The lowest BCUT2D eigenvalue weighted by Gasteiger charge is -2.28. The number of hydrogen-bond donors (Lipinski definition) is 1. The fraction of sp³-hybridized carbons (Fsp3) is 0.565. The van der Waals surface area contributed by atoms with Crippen LogP contribution in [0, 0.1) is 5.41 Å². The number of anilines is 2. The lowest BCUT2D eigenvalue weighted by atomic mass is 9.90. The molecule has 0 radical (unpaired) electrons. The van der Waals surface area contributed by atoms with Gasteiger partial charge in [-0.05, 0) is 52.2 Å². The van der Waals surface area contributed by atoms with Crippen LogP contribution in [0.15, 0.2) is 24.5 Å². The predicted octanol–water partition coefficient (Wildman–Crippen LogP) is 3.87. The first-order valence-corrected chi connectivity index (χ1v) is 11.9. The number of alkyl carbamates (subject to hydrolysis) is 1. The molecule has 2 aromatic rings. The summed E-state index contributed by atoms with van der Waals surface area (Å²) < 4.78 is 5.35. The van der Waals surface area contributed by atoms with Crippen molar-refractivity contribution < 1.29 is 14.3 Å². The van der Waals surface area contributed by atoms with Crippen molar-refractivity contribution in [3.05, 3.63) is 35.1 Å². The number of amides is 2. The highest BCUT2D eigenvalue weighted by molar-refractivity contribution is 7.17. The van der Waals surface area contributed by atoms with Gasteiger partial charge in [0.1, 0.15) is 10.5 Å². The van der Waals surface area contributed by atoms with Gasteiger partial charge in [-0.3, -0.25) is 9.78 Å². The summed E-state index contributed by atoms with van der Waals surface area (Å²) in [5, 5.41) is 3.74. The second-order valence-corrected chi connectivity index (χ2v) is 10.9. The van der Waals surface area contributed by atoms with Gasteiger partial charge in [-0.15, -0.1) is 0 Å². The zero-order valence-corrected chi connectivity index (χ0v) is 20.0. The van der Waals surface area contributed by atoms with Crippen LogP contribution in [-0.4, -0.2) is 53.7 Å². The molecule has 9 heteroatoms. The molecule has 2 aliphatic rings. The predicted molar refractivity (Wildman–Crippen MR) is 126 cm³/mol. The van der Waals surface area contributed by atoms with Crippen molar-refractivity contribution in [2.75, 3.05) is 36.0 Å². The first kappa shape index (κ1) is 22.5. The van der Waals surface area contributed by atoms with Crippen LogP contribution in [0.2, 0.25) is 0 Å². The van der Waals surface area contributed by atoms with E-state index in [4.69, 9.17) is 4.74 Å². The number of thiazole rings is 1. The van der Waals surface area contributed by atoms with Gasteiger partial charge >= 0.3 is 6.09 Å². The zero-order chi connectivity index (χ0) is 22.9. The van der Waals surface area contributed by atoms with Crippen molar-refractivity contribution in [2.45, 2.75) is 52.6 Å². The molecule has 1 fully saturated rings. The number of carbonyl (C=O) groups is 2. The molecule has 1 unspecified atom stereocenters. The topological polar surface area (TPSA) is 87.7 Å². The molecule has 2 amide bonds. The molecular weight excluding hydrogens is 426 g/mol. The third-order valence-corrected chi connectivity index (χ3v) is 6.83. The van der Waals surface area contributed by atoms with E-state index in [1.807, 2.05) is 37.8 Å². The second kappa shape index (κ2) is 8.69. The number of aryl methyl sites for hydroxylation is 1. The zero-order valence-electron chi connectivity index (χ0n) is 19.2. The van der Waals surface area contributed by atoms with Crippen LogP contribution in [0.5, 0.6) is 0 Å². The number of ether oxygens (including phenoxy) is 1. The number of nitrogens with one attached hydrogen (secondary N) is 1. The Hall–Kier alpha value is -2.68. The summed E-state index contributed by atoms with van der Waals surface area (Å²) in [4.78, 5) is 38.9. The molecule has 4 rings (SSSR count). The standard InChI is InChI=1S/C23H31N5O3S/c1-22(2,3)31-21(30)26-14-23(4)9-12-27(15-23)20-25-13-18(32-20)19(29)28-11-6-7-16-17(28)8-5-10-24-16/h5,8,10,13H,6-7,9,11-12,14-15H2,1-4H3,(H,26,30). The number of rotatable bonds is 4. The molecule has 0 aromatic carbocycles. The van der Waals surface area contributed by atoms with Gasteiger partial charge in [-0.1, -0.05) is 18.3 Å². The van der Waals surface area contributed by atoms with Gasteiger partial charge in [0, 0.05) is 37.8 Å². The molecule has 1 saturated heterocycles. The monoisotopic (exact) mass is 457 g/mol. The van der Waals surface area contributed by atoms with Crippen molar-refractivity contribution in [1.29, 1.82) is 0 Å². The van der Waals surface area contributed by atoms with E-state index in [0.29, 0.717) is 18.0 Å². The van der Waals surface area contributed by atoms with Gasteiger partial charge in [0.05, 0.1) is 17.6 Å². The summed E-state index contributed by atoms with van der Waals surface area (Å²) >= 11 is 1.43. The van der Waals surface area contributed by atoms with Gasteiger partial charge in [0.2, 0.25) is 0 Å². The molecular formula is C23H31N5O3S. The quantitative estimate of drug-likeness (QED) is 0.750. The maximum Gasteiger partial charge on any atom is 0.407 e. The van der Waals surface area contributed by atoms with Gasteiger partial charge < -0.3 is 19.9 Å². The minimum absolute atomic E-state index is 0.0174. The van der Waals surface area contributed by atoms with Gasteiger partial charge in [-0.25, -0.2) is 9.78 Å². The van der Waals surface area contributed by atoms with Crippen LogP contribution in [0.1, 0.15) is 55.9 Å². The maximum absolute atomic E-state index is 13.2. The average Bonchev–Trinajstić information content (AvgIpc) is 3.38. The Labute approximate surface area is 193 Å². The molecule has 0 saturated carbocycles. The van der Waals surface area contributed by atoms with E-state index < -0.39 is 11.7 Å². The van der Waals surface area contributed by atoms with E-state index in [2.05, 4.69) is 27.1 Å². The smallest absolute Gasteiger partial charge is 0.407 e. The third-order valence-electron chi connectivity index (χ3n) is 5.79. The van der Waals surface area contributed by atoms with Crippen molar-refractivity contribution in [1.82, 2.24) is 15.3 Å². The van der Waals surface area contributed by atoms with Crippen molar-refractivity contribution in [3.8, 4) is 0 Å². The Bertz CT molecular complexity index is 1000. The van der Waals surface area contributed by atoms with Crippen LogP contribution in [0.3, 0.4) is 0 Å². The van der Waals surface area contributed by atoms with Crippen LogP contribution in [0.4, 0.5) is 15.6 Å². The first-order chi connectivity index (χ1) is 15.1. The third kappa shape index (κ3) is 5.03. The van der Waals surface area contributed by atoms with E-state index in [9.17, 15) is 9.59 Å². The normalized spacial score (nSPS) is 20.8. The molecule has 172 valence electrons. The van der Waals surface area contributed by atoms with Gasteiger partial charge in [-0.2, -0.15) is 0 Å². The van der Waals surface area contributed by atoms with E-state index in [-0.39, 0.29) is 11.3 Å². The van der Waals surface area contributed by atoms with E-state index in [1.165, 1.54) is 11.3 Å². The summed E-state index contributed by atoms with van der Waals surface area (Å²) in [6, 6.07) is 3.84. The van der Waals surface area contributed by atoms with Gasteiger partial charge in [0.15, 0.2) is 5.13 Å². The highest BCUT2D eigenvalue weighted by atomic mass is 32.1. The first-order valence-electron chi connectivity index (χ1n) is 11.1. The molecule has 8 nitrogen and oxygen atoms in total. The molecule has 0 spiro atoms. The van der Waals surface area contributed by atoms with Crippen molar-refractivity contribution in [2.24, 2.45) is 5.41 Å². The van der Waals surface area contributed by atoms with E-state index >= 15 is 0 Å². The number of nitrogens with zero attached hydrogens (tertiary/aromatic N) is 4. The summed E-state index contributed by atoms with van der Waals surface area (Å²) in [5.41, 5.74) is 1.29. The fourth-order valence-corrected chi connectivity index (χ4v) is 5.07. The number of aromatic nitrogens is 2. The average molecular weight is 458 g/mol. The van der Waals surface area contributed by atoms with Crippen molar-refractivity contribution >= 4 is 34.2 Å². The van der Waals surface area contributed by atoms with Crippen LogP contribution >= 0.6 is 11.3 Å². The minimum Gasteiger partial charge on any atom is -0.444 e. The van der Waals surface area contributed by atoms with E-state index in [1.54, 1.807) is 12.4 Å². The molecule has 4 heterocycles. The highest BCUT2D eigenvalue weighted by Crippen LogP contribution is 2.36. The minimum atomic E-state index is -0.512. The summed E-state index contributed by atoms with van der Waals surface area (Å²) in [7, 11) is 0.